The first kappa shape index (κ1) is 45.8. The minimum Gasteiger partial charge on any atom is -0.379 e. The fraction of sp³-hybridized carbons (Fsp3) is 0.822. The number of ether oxygens (including phenoxy) is 2. The first-order chi connectivity index (χ1) is 24.2. The van der Waals surface area contributed by atoms with Crippen molar-refractivity contribution in [2.24, 2.45) is 0 Å². The van der Waals surface area contributed by atoms with Crippen molar-refractivity contribution in [3.05, 3.63) is 48.6 Å². The molecule has 1 fully saturated rings. The summed E-state index contributed by atoms with van der Waals surface area (Å²) in [5, 5.41) is 0. The molecule has 2 unspecified atom stereocenters. The van der Waals surface area contributed by atoms with Gasteiger partial charge < -0.3 is 14.4 Å². The highest BCUT2D eigenvalue weighted by atomic mass is 16.5. The quantitative estimate of drug-likeness (QED) is 0.0484. The third-order valence-electron chi connectivity index (χ3n) is 9.93. The molecule has 0 aromatic heterocycles. The molecule has 0 aromatic rings. The maximum Gasteiger partial charge on any atom is 0.0934 e. The van der Waals surface area contributed by atoms with Crippen LogP contribution < -0.4 is 0 Å². The highest BCUT2D eigenvalue weighted by molar-refractivity contribution is 4.93. The summed E-state index contributed by atoms with van der Waals surface area (Å²) in [4.78, 5) is 4.97. The van der Waals surface area contributed by atoms with E-state index in [9.17, 15) is 0 Å². The zero-order valence-corrected chi connectivity index (χ0v) is 33.4. The molecule has 286 valence electrons. The van der Waals surface area contributed by atoms with Crippen LogP contribution in [0.2, 0.25) is 0 Å². The van der Waals surface area contributed by atoms with E-state index in [2.05, 4.69) is 86.4 Å². The summed E-state index contributed by atoms with van der Waals surface area (Å²) in [6.07, 6.45) is 51.1. The summed E-state index contributed by atoms with van der Waals surface area (Å²) in [7, 11) is 4.42. The molecule has 0 bridgehead atoms. The molecule has 0 N–H and O–H groups in total. The molecule has 1 rings (SSSR count). The molecule has 49 heavy (non-hydrogen) atoms. The number of rotatable bonds is 36. The molecule has 4 nitrogen and oxygen atoms in total. The maximum atomic E-state index is 6.45. The molecule has 2 atom stereocenters. The van der Waals surface area contributed by atoms with Crippen molar-refractivity contribution in [3.63, 3.8) is 0 Å². The highest BCUT2D eigenvalue weighted by Crippen LogP contribution is 2.16. The number of hydrogen-bond acceptors (Lipinski definition) is 4. The lowest BCUT2D eigenvalue weighted by atomic mass is 10.1. The third kappa shape index (κ3) is 31.3. The summed E-state index contributed by atoms with van der Waals surface area (Å²) >= 11 is 0. The molecule has 1 aliphatic rings. The van der Waals surface area contributed by atoms with Gasteiger partial charge in [-0.25, -0.2) is 0 Å². The monoisotopic (exact) mass is 685 g/mol. The average Bonchev–Trinajstić information content (AvgIpc) is 3.58. The number of unbranched alkanes of at least 4 members (excludes halogenated alkanes) is 18. The van der Waals surface area contributed by atoms with Gasteiger partial charge in [-0.2, -0.15) is 0 Å². The molecule has 1 heterocycles. The molecule has 0 aliphatic carbocycles. The Morgan fingerprint density at radius 1 is 0.571 bits per heavy atom. The first-order valence-corrected chi connectivity index (χ1v) is 21.3. The van der Waals surface area contributed by atoms with E-state index in [1.165, 1.54) is 154 Å². The van der Waals surface area contributed by atoms with Gasteiger partial charge in [0.05, 0.1) is 12.7 Å². The van der Waals surface area contributed by atoms with Crippen LogP contribution in [0.3, 0.4) is 0 Å². The van der Waals surface area contributed by atoms with Crippen LogP contribution >= 0.6 is 0 Å². The Labute approximate surface area is 307 Å². The standard InChI is InChI=1S/C45H84N2O2/c1-5-7-9-11-13-15-17-19-21-23-25-27-29-31-33-35-39-48-43-45(42-47-38-37-44(41-47)46(3)4)49-40-36-34-32-30-28-26-24-22-20-18-16-14-12-10-8-6-2/h13-16,19-22,44-45H,5-12,17-18,23-43H2,1-4H3. The number of nitrogens with zero attached hydrogens (tertiary/aromatic N) is 2. The van der Waals surface area contributed by atoms with Gasteiger partial charge in [0.15, 0.2) is 0 Å². The Kier molecular flexibility index (Phi) is 34.2. The van der Waals surface area contributed by atoms with E-state index in [-0.39, 0.29) is 6.10 Å². The second kappa shape index (κ2) is 36.6. The number of hydrogen-bond donors (Lipinski definition) is 0. The zero-order valence-electron chi connectivity index (χ0n) is 33.4. The zero-order chi connectivity index (χ0) is 35.3. The van der Waals surface area contributed by atoms with Gasteiger partial charge in [0.1, 0.15) is 0 Å². The number of allylic oxidation sites excluding steroid dienone is 8. The van der Waals surface area contributed by atoms with Crippen LogP contribution in [-0.2, 0) is 9.47 Å². The summed E-state index contributed by atoms with van der Waals surface area (Å²) < 4.78 is 12.6. The third-order valence-corrected chi connectivity index (χ3v) is 9.93. The predicted octanol–water partition coefficient (Wildman–Crippen LogP) is 12.7. The van der Waals surface area contributed by atoms with Crippen molar-refractivity contribution in [1.82, 2.24) is 9.80 Å². The smallest absolute Gasteiger partial charge is 0.0934 e. The van der Waals surface area contributed by atoms with Gasteiger partial charge in [0, 0.05) is 32.3 Å². The van der Waals surface area contributed by atoms with E-state index < -0.39 is 0 Å². The van der Waals surface area contributed by atoms with Crippen LogP contribution in [0.25, 0.3) is 0 Å². The molecule has 0 radical (unpaired) electrons. The Balaban J connectivity index is 2.09. The fourth-order valence-electron chi connectivity index (χ4n) is 6.59. The maximum absolute atomic E-state index is 6.45. The van der Waals surface area contributed by atoms with Gasteiger partial charge >= 0.3 is 0 Å². The fourth-order valence-corrected chi connectivity index (χ4v) is 6.59. The molecule has 4 heteroatoms. The predicted molar refractivity (Wildman–Crippen MR) is 218 cm³/mol. The summed E-state index contributed by atoms with van der Waals surface area (Å²) in [5.41, 5.74) is 0. The van der Waals surface area contributed by atoms with Gasteiger partial charge in [-0.1, -0.05) is 140 Å². The van der Waals surface area contributed by atoms with Crippen molar-refractivity contribution in [1.29, 1.82) is 0 Å². The number of likely N-dealkylation sites (N-methyl/N-ethyl adjacent to an activating group) is 1. The lowest BCUT2D eigenvalue weighted by molar-refractivity contribution is -0.0321. The van der Waals surface area contributed by atoms with Crippen molar-refractivity contribution in [3.8, 4) is 0 Å². The first-order valence-electron chi connectivity index (χ1n) is 21.3. The van der Waals surface area contributed by atoms with Crippen LogP contribution in [0.1, 0.15) is 174 Å². The van der Waals surface area contributed by atoms with E-state index >= 15 is 0 Å². The minimum absolute atomic E-state index is 0.198. The van der Waals surface area contributed by atoms with Crippen molar-refractivity contribution >= 4 is 0 Å². The van der Waals surface area contributed by atoms with E-state index in [4.69, 9.17) is 9.47 Å². The Morgan fingerprint density at radius 3 is 1.49 bits per heavy atom. The van der Waals surface area contributed by atoms with Crippen LogP contribution in [0.4, 0.5) is 0 Å². The van der Waals surface area contributed by atoms with Crippen LogP contribution in [0, 0.1) is 0 Å². The Hall–Kier alpha value is -1.20. The van der Waals surface area contributed by atoms with Crippen LogP contribution in [0.5, 0.6) is 0 Å². The minimum atomic E-state index is 0.198. The van der Waals surface area contributed by atoms with Gasteiger partial charge in [-0.15, -0.1) is 0 Å². The van der Waals surface area contributed by atoms with Gasteiger partial charge in [0.2, 0.25) is 0 Å². The van der Waals surface area contributed by atoms with Crippen LogP contribution in [0.15, 0.2) is 48.6 Å². The second-order valence-electron chi connectivity index (χ2n) is 14.9. The van der Waals surface area contributed by atoms with Gasteiger partial charge in [-0.05, 0) is 104 Å². The SMILES string of the molecule is CCCCCC=CCC=CCCCCCCCCOCC(CN1CCC(N(C)C)C1)OCCCCCCCCC=CCC=CCCCCC. The molecule has 0 aromatic carbocycles. The van der Waals surface area contributed by atoms with Crippen molar-refractivity contribution in [2.75, 3.05) is 53.6 Å². The summed E-state index contributed by atoms with van der Waals surface area (Å²) in [6.45, 7) is 10.4. The molecule has 0 spiro atoms. The van der Waals surface area contributed by atoms with E-state index in [1.54, 1.807) is 0 Å². The van der Waals surface area contributed by atoms with E-state index in [0.29, 0.717) is 6.04 Å². The summed E-state index contributed by atoms with van der Waals surface area (Å²) in [5.74, 6) is 0. The van der Waals surface area contributed by atoms with Crippen molar-refractivity contribution in [2.45, 2.75) is 187 Å². The molecule has 0 saturated carbocycles. The Morgan fingerprint density at radius 2 is 1.02 bits per heavy atom. The van der Waals surface area contributed by atoms with Crippen LogP contribution in [-0.4, -0.2) is 75.5 Å². The Bertz CT molecular complexity index is 789. The topological polar surface area (TPSA) is 24.9 Å². The molecule has 1 aliphatic heterocycles. The highest BCUT2D eigenvalue weighted by Gasteiger charge is 2.26. The van der Waals surface area contributed by atoms with E-state index in [0.717, 1.165) is 45.8 Å². The number of likely N-dealkylation sites (tertiary alicyclic amines) is 1. The second-order valence-corrected chi connectivity index (χ2v) is 14.9. The van der Waals surface area contributed by atoms with Gasteiger partial charge in [0.25, 0.3) is 0 Å². The van der Waals surface area contributed by atoms with Crippen molar-refractivity contribution < 1.29 is 9.47 Å². The molecular formula is C45H84N2O2. The lowest BCUT2D eigenvalue weighted by Gasteiger charge is -2.25. The molecular weight excluding hydrogens is 601 g/mol. The average molecular weight is 685 g/mol. The largest absolute Gasteiger partial charge is 0.379 e. The molecule has 0 amide bonds. The van der Waals surface area contributed by atoms with Gasteiger partial charge in [-0.3, -0.25) is 4.90 Å². The van der Waals surface area contributed by atoms with E-state index in [1.807, 2.05) is 0 Å². The normalized spacial score (nSPS) is 16.6. The lowest BCUT2D eigenvalue weighted by Crippen LogP contribution is -2.38. The summed E-state index contributed by atoms with van der Waals surface area (Å²) in [6, 6.07) is 0.674. The molecule has 1 saturated heterocycles.